The lowest BCUT2D eigenvalue weighted by atomic mass is 9.86. The van der Waals surface area contributed by atoms with Crippen molar-refractivity contribution in [2.75, 3.05) is 0 Å². The van der Waals surface area contributed by atoms with E-state index in [0.717, 1.165) is 6.32 Å². The molecule has 0 radical (unpaired) electrons. The maximum atomic E-state index is 7.85. The van der Waals surface area contributed by atoms with Crippen molar-refractivity contribution >= 4 is 6.85 Å². The molecule has 1 aliphatic heterocycles. The second kappa shape index (κ2) is 1.47. The van der Waals surface area contributed by atoms with Gasteiger partial charge in [-0.25, -0.2) is 0 Å². The molecule has 0 aromatic rings. The van der Waals surface area contributed by atoms with E-state index in [1.807, 2.05) is 0 Å². The summed E-state index contributed by atoms with van der Waals surface area (Å²) in [5.41, 5.74) is 7.85. The fourth-order valence-electron chi connectivity index (χ4n) is 0.530. The van der Waals surface area contributed by atoms with Crippen LogP contribution in [0.3, 0.4) is 0 Å². The summed E-state index contributed by atoms with van der Waals surface area (Å²) in [7, 11) is 0. The Morgan fingerprint density at radius 1 is 2.00 bits per heavy atom. The summed E-state index contributed by atoms with van der Waals surface area (Å²) in [4.78, 5) is 2.67. The number of rotatable bonds is 1. The quantitative estimate of drug-likeness (QED) is 0.206. The van der Waals surface area contributed by atoms with Gasteiger partial charge in [0, 0.05) is 0 Å². The summed E-state index contributed by atoms with van der Waals surface area (Å²) in [6.45, 7) is 2.41. The molecule has 36 valence electrons. The first-order valence-corrected chi connectivity index (χ1v) is 2.39. The molecule has 1 rings (SSSR count). The molecular weight excluding hydrogens is 88.9 g/mol. The third-order valence-electron chi connectivity index (χ3n) is 1.27. The normalized spacial score (nSPS) is 26.4. The van der Waals surface area contributed by atoms with Crippen LogP contribution in [0.4, 0.5) is 0 Å². The lowest BCUT2D eigenvalue weighted by Gasteiger charge is -1.66. The van der Waals surface area contributed by atoms with Gasteiger partial charge in [0.05, 0.1) is 0 Å². The molecule has 0 spiro atoms. The molecule has 0 amide bonds. The summed E-state index contributed by atoms with van der Waals surface area (Å²) in [6, 6.07) is 0. The molecule has 1 aliphatic rings. The summed E-state index contributed by atoms with van der Waals surface area (Å²) in [5.74, 6) is 0.649. The molecule has 1 saturated heterocycles. The predicted octanol–water partition coefficient (Wildman–Crippen LogP) is 1.69. The number of hydrogen-bond donors (Lipinski definition) is 0. The van der Waals surface area contributed by atoms with Crippen molar-refractivity contribution in [2.45, 2.75) is 19.1 Å². The van der Waals surface area contributed by atoms with Crippen molar-refractivity contribution in [3.63, 3.8) is 0 Å². The van der Waals surface area contributed by atoms with E-state index < -0.39 is 0 Å². The van der Waals surface area contributed by atoms with E-state index in [9.17, 15) is 0 Å². The Bertz CT molecular complexity index is 117. The minimum absolute atomic E-state index is 0.324. The fraction of sp³-hybridized carbons (Fsp3) is 1.00. The first kappa shape index (κ1) is 4.53. The second-order valence-electron chi connectivity index (χ2n) is 1.99. The molecule has 7 heavy (non-hydrogen) atoms. The molecule has 0 saturated carbocycles. The number of nitrogens with zero attached hydrogens (tertiary/aromatic N) is 3. The van der Waals surface area contributed by atoms with Gasteiger partial charge in [0.25, 0.3) is 0 Å². The molecule has 1 unspecified atom stereocenters. The van der Waals surface area contributed by atoms with E-state index in [4.69, 9.17) is 5.53 Å². The lowest BCUT2D eigenvalue weighted by molar-refractivity contribution is 1.21. The molecular formula is C3H6BN3. The van der Waals surface area contributed by atoms with Gasteiger partial charge in [-0.1, -0.05) is 19.1 Å². The molecule has 0 bridgehead atoms. The smallest absolute Gasteiger partial charge is 0.148 e. The maximum Gasteiger partial charge on any atom is 0.245 e. The van der Waals surface area contributed by atoms with Crippen LogP contribution in [0.1, 0.15) is 6.92 Å². The van der Waals surface area contributed by atoms with Gasteiger partial charge < -0.3 is 0 Å². The fourth-order valence-corrected chi connectivity index (χ4v) is 0.530. The third-order valence-corrected chi connectivity index (χ3v) is 1.27. The highest BCUT2D eigenvalue weighted by atomic mass is 15.1. The Morgan fingerprint density at radius 3 is 2.71 bits per heavy atom. The van der Waals surface area contributed by atoms with Gasteiger partial charge in [-0.3, -0.25) is 0 Å². The SMILES string of the molecule is CC1CB1N=[N+]=[N-]. The van der Waals surface area contributed by atoms with Gasteiger partial charge in [-0.05, 0) is 10.4 Å². The topological polar surface area (TPSA) is 48.8 Å². The Labute approximate surface area is 42.4 Å². The zero-order valence-electron chi connectivity index (χ0n) is 4.20. The van der Waals surface area contributed by atoms with E-state index in [0.29, 0.717) is 12.7 Å². The largest absolute Gasteiger partial charge is 0.245 e. The molecule has 0 aromatic carbocycles. The highest BCUT2D eigenvalue weighted by molar-refractivity contribution is 6.69. The first-order chi connectivity index (χ1) is 3.34. The van der Waals surface area contributed by atoms with Crippen LogP contribution in [0.25, 0.3) is 10.4 Å². The zero-order valence-corrected chi connectivity index (χ0v) is 4.20. The second-order valence-corrected chi connectivity index (χ2v) is 1.99. The van der Waals surface area contributed by atoms with Crippen LogP contribution >= 0.6 is 0 Å². The molecule has 4 heteroatoms. The molecule has 1 heterocycles. The summed E-state index contributed by atoms with van der Waals surface area (Å²) in [5, 5.41) is 3.50. The van der Waals surface area contributed by atoms with Crippen molar-refractivity contribution in [1.29, 1.82) is 0 Å². The standard InChI is InChI=1S/C3H6BN3/c1-3-2-4(3)6-7-5/h3H,2H2,1H3. The van der Waals surface area contributed by atoms with E-state index in [1.165, 1.54) is 0 Å². The lowest BCUT2D eigenvalue weighted by Crippen LogP contribution is -1.75. The van der Waals surface area contributed by atoms with Crippen LogP contribution < -0.4 is 0 Å². The monoisotopic (exact) mass is 95.1 g/mol. The van der Waals surface area contributed by atoms with Crippen LogP contribution in [0, 0.1) is 0 Å². The average molecular weight is 94.9 g/mol. The van der Waals surface area contributed by atoms with Crippen molar-refractivity contribution in [1.82, 2.24) is 0 Å². The molecule has 3 nitrogen and oxygen atoms in total. The highest BCUT2D eigenvalue weighted by Gasteiger charge is 2.35. The Morgan fingerprint density at radius 2 is 2.57 bits per heavy atom. The Balaban J connectivity index is 2.34. The number of hydrogen-bond acceptors (Lipinski definition) is 1. The summed E-state index contributed by atoms with van der Waals surface area (Å²) in [6.07, 6.45) is 1.09. The van der Waals surface area contributed by atoms with Crippen LogP contribution in [-0.4, -0.2) is 6.85 Å². The predicted molar refractivity (Wildman–Crippen MR) is 29.1 cm³/mol. The van der Waals surface area contributed by atoms with Crippen LogP contribution in [0.15, 0.2) is 5.03 Å². The van der Waals surface area contributed by atoms with Crippen molar-refractivity contribution in [2.24, 2.45) is 5.03 Å². The Kier molecular flexibility index (Phi) is 0.950. The molecule has 1 atom stereocenters. The number of azide groups is 1. The van der Waals surface area contributed by atoms with Gasteiger partial charge >= 0.3 is 0 Å². The maximum absolute atomic E-state index is 7.85. The average Bonchev–Trinajstić information content (AvgIpc) is 2.22. The molecule has 0 N–H and O–H groups in total. The van der Waals surface area contributed by atoms with Crippen LogP contribution in [-0.2, 0) is 0 Å². The Hall–Kier alpha value is -0.625. The van der Waals surface area contributed by atoms with E-state index in [-0.39, 0.29) is 0 Å². The highest BCUT2D eigenvalue weighted by Crippen LogP contribution is 2.36. The van der Waals surface area contributed by atoms with E-state index >= 15 is 0 Å². The van der Waals surface area contributed by atoms with Gasteiger partial charge in [0.2, 0.25) is 6.85 Å². The molecule has 1 fully saturated rings. The summed E-state index contributed by atoms with van der Waals surface area (Å²) >= 11 is 0. The third kappa shape index (κ3) is 0.873. The zero-order chi connectivity index (χ0) is 5.28. The summed E-state index contributed by atoms with van der Waals surface area (Å²) < 4.78 is 0. The van der Waals surface area contributed by atoms with Crippen molar-refractivity contribution in [3.8, 4) is 0 Å². The van der Waals surface area contributed by atoms with Gasteiger partial charge in [0.1, 0.15) is 0 Å². The first-order valence-electron chi connectivity index (χ1n) is 2.39. The van der Waals surface area contributed by atoms with Crippen molar-refractivity contribution < 1.29 is 0 Å². The van der Waals surface area contributed by atoms with Gasteiger partial charge in [-0.2, -0.15) is 0 Å². The molecule has 0 aliphatic carbocycles. The van der Waals surface area contributed by atoms with E-state index in [2.05, 4.69) is 16.9 Å². The minimum atomic E-state index is 0.324. The van der Waals surface area contributed by atoms with Crippen molar-refractivity contribution in [3.05, 3.63) is 10.4 Å². The van der Waals surface area contributed by atoms with Gasteiger partial charge in [-0.15, -0.1) is 5.03 Å². The van der Waals surface area contributed by atoms with Crippen LogP contribution in [0.5, 0.6) is 0 Å². The minimum Gasteiger partial charge on any atom is -0.148 e. The molecule has 0 aromatic heterocycles. The van der Waals surface area contributed by atoms with E-state index in [1.54, 1.807) is 0 Å². The van der Waals surface area contributed by atoms with Crippen LogP contribution in [0.2, 0.25) is 12.1 Å². The van der Waals surface area contributed by atoms with Gasteiger partial charge in [0.15, 0.2) is 0 Å².